The van der Waals surface area contributed by atoms with E-state index in [2.05, 4.69) is 18.8 Å². The van der Waals surface area contributed by atoms with Crippen LogP contribution in [0.4, 0.5) is 5.69 Å². The Labute approximate surface area is 211 Å². The summed E-state index contributed by atoms with van der Waals surface area (Å²) in [5.74, 6) is -0.107. The minimum Gasteiger partial charge on any atom is -0.478 e. The number of nitrogens with one attached hydrogen (secondary N) is 1. The van der Waals surface area contributed by atoms with Crippen LogP contribution in [-0.4, -0.2) is 37.6 Å². The zero-order chi connectivity index (χ0) is 25.8. The normalized spacial score (nSPS) is 11.8. The van der Waals surface area contributed by atoms with E-state index in [9.17, 15) is 14.7 Å². The van der Waals surface area contributed by atoms with E-state index in [1.165, 1.54) is 6.07 Å². The SMILES string of the molecule is C=c1ccc2c(c1)Oc1cc(N(C)C)ccc1C=2c1ccc(C(=O)NCCCCCC)cc1C(=O)O. The summed E-state index contributed by atoms with van der Waals surface area (Å²) < 4.78 is 6.24. The molecule has 186 valence electrons. The molecule has 36 heavy (non-hydrogen) atoms. The molecule has 0 fully saturated rings. The van der Waals surface area contributed by atoms with Gasteiger partial charge in [0.2, 0.25) is 0 Å². The lowest BCUT2D eigenvalue weighted by Gasteiger charge is -2.24. The molecule has 0 bridgehead atoms. The molecule has 0 saturated carbocycles. The van der Waals surface area contributed by atoms with Crippen LogP contribution in [0.25, 0.3) is 12.2 Å². The van der Waals surface area contributed by atoms with E-state index in [4.69, 9.17) is 4.74 Å². The zero-order valence-electron chi connectivity index (χ0n) is 21.1. The number of ether oxygens (including phenoxy) is 1. The third-order valence-electron chi connectivity index (χ3n) is 6.38. The zero-order valence-corrected chi connectivity index (χ0v) is 21.1. The highest BCUT2D eigenvalue weighted by Crippen LogP contribution is 2.39. The molecule has 6 heteroatoms. The van der Waals surface area contributed by atoms with E-state index in [-0.39, 0.29) is 11.5 Å². The molecule has 3 aromatic carbocycles. The third-order valence-corrected chi connectivity index (χ3v) is 6.38. The van der Waals surface area contributed by atoms with E-state index >= 15 is 0 Å². The predicted octanol–water partition coefficient (Wildman–Crippen LogP) is 4.52. The van der Waals surface area contributed by atoms with Crippen molar-refractivity contribution in [2.24, 2.45) is 0 Å². The van der Waals surface area contributed by atoms with Crippen LogP contribution in [0.15, 0.2) is 54.6 Å². The number of rotatable bonds is 9. The van der Waals surface area contributed by atoms with Crippen molar-refractivity contribution in [2.75, 3.05) is 25.5 Å². The first-order chi connectivity index (χ1) is 17.3. The third kappa shape index (κ3) is 5.13. The maximum absolute atomic E-state index is 12.7. The van der Waals surface area contributed by atoms with Gasteiger partial charge in [0.25, 0.3) is 5.91 Å². The second kappa shape index (κ2) is 10.7. The molecule has 0 unspecified atom stereocenters. The summed E-state index contributed by atoms with van der Waals surface area (Å²) in [5, 5.41) is 14.6. The number of benzene rings is 3. The van der Waals surface area contributed by atoms with Crippen LogP contribution in [0.5, 0.6) is 11.5 Å². The van der Waals surface area contributed by atoms with Crippen molar-refractivity contribution in [3.05, 3.63) is 87.3 Å². The molecule has 4 rings (SSSR count). The van der Waals surface area contributed by atoms with Gasteiger partial charge in [-0.25, -0.2) is 4.79 Å². The smallest absolute Gasteiger partial charge is 0.336 e. The van der Waals surface area contributed by atoms with Crippen LogP contribution in [0, 0.1) is 0 Å². The summed E-state index contributed by atoms with van der Waals surface area (Å²) in [5.41, 5.74) is 3.43. The highest BCUT2D eigenvalue weighted by molar-refractivity contribution is 6.02. The van der Waals surface area contributed by atoms with Crippen molar-refractivity contribution < 1.29 is 19.4 Å². The Balaban J connectivity index is 1.81. The number of carboxylic acid groups (broad SMARTS) is 1. The molecule has 0 aliphatic carbocycles. The summed E-state index contributed by atoms with van der Waals surface area (Å²) in [6.45, 7) is 6.72. The van der Waals surface area contributed by atoms with Crippen molar-refractivity contribution in [3.63, 3.8) is 0 Å². The van der Waals surface area contributed by atoms with E-state index in [0.717, 1.165) is 52.9 Å². The minimum absolute atomic E-state index is 0.0674. The molecule has 0 saturated heterocycles. The number of carbonyl (C=O) groups is 2. The van der Waals surface area contributed by atoms with Gasteiger partial charge in [0.1, 0.15) is 11.5 Å². The first-order valence-corrected chi connectivity index (χ1v) is 12.3. The second-order valence-electron chi connectivity index (χ2n) is 9.26. The Morgan fingerprint density at radius 1 is 0.944 bits per heavy atom. The first-order valence-electron chi connectivity index (χ1n) is 12.3. The summed E-state index contributed by atoms with van der Waals surface area (Å²) in [7, 11) is 3.90. The maximum Gasteiger partial charge on any atom is 0.336 e. The molecule has 2 N–H and O–H groups in total. The number of fused-ring (bicyclic) bond motifs is 2. The van der Waals surface area contributed by atoms with E-state index in [1.807, 2.05) is 55.4 Å². The number of hydrogen-bond acceptors (Lipinski definition) is 4. The average Bonchev–Trinajstić information content (AvgIpc) is 2.86. The Bertz CT molecular complexity index is 1430. The second-order valence-corrected chi connectivity index (χ2v) is 9.26. The molecular formula is C30H32N2O4. The summed E-state index contributed by atoms with van der Waals surface area (Å²) in [4.78, 5) is 27.1. The lowest BCUT2D eigenvalue weighted by atomic mass is 9.88. The quantitative estimate of drug-likeness (QED) is 0.342. The van der Waals surface area contributed by atoms with Crippen molar-refractivity contribution in [1.29, 1.82) is 0 Å². The van der Waals surface area contributed by atoms with E-state index in [1.54, 1.807) is 12.1 Å². The fraction of sp³-hybridized carbons (Fsp3) is 0.267. The van der Waals surface area contributed by atoms with Crippen LogP contribution in [0.2, 0.25) is 0 Å². The van der Waals surface area contributed by atoms with Crippen molar-refractivity contribution in [2.45, 2.75) is 32.6 Å². The molecule has 3 aromatic rings. The van der Waals surface area contributed by atoms with Crippen LogP contribution in [0.3, 0.4) is 0 Å². The van der Waals surface area contributed by atoms with Gasteiger partial charge in [-0.15, -0.1) is 0 Å². The molecular weight excluding hydrogens is 452 g/mol. The van der Waals surface area contributed by atoms with Gasteiger partial charge in [0, 0.05) is 54.3 Å². The number of aromatic carboxylic acids is 1. The number of carboxylic acids is 1. The van der Waals surface area contributed by atoms with Gasteiger partial charge in [-0.2, -0.15) is 0 Å². The van der Waals surface area contributed by atoms with Gasteiger partial charge in [-0.3, -0.25) is 4.79 Å². The summed E-state index contributed by atoms with van der Waals surface area (Å²) in [6, 6.07) is 16.4. The van der Waals surface area contributed by atoms with Crippen molar-refractivity contribution >= 4 is 29.7 Å². The average molecular weight is 485 g/mol. The van der Waals surface area contributed by atoms with Crippen LogP contribution >= 0.6 is 0 Å². The fourth-order valence-corrected chi connectivity index (χ4v) is 4.43. The van der Waals surface area contributed by atoms with Gasteiger partial charge in [0.05, 0.1) is 5.56 Å². The van der Waals surface area contributed by atoms with Gasteiger partial charge < -0.3 is 20.1 Å². The predicted molar refractivity (Wildman–Crippen MR) is 144 cm³/mol. The van der Waals surface area contributed by atoms with Crippen LogP contribution < -0.4 is 25.4 Å². The van der Waals surface area contributed by atoms with Crippen molar-refractivity contribution in [1.82, 2.24) is 5.32 Å². The molecule has 1 aliphatic heterocycles. The Kier molecular flexibility index (Phi) is 7.44. The topological polar surface area (TPSA) is 78.9 Å². The number of anilines is 1. The lowest BCUT2D eigenvalue weighted by Crippen LogP contribution is -2.25. The maximum atomic E-state index is 12.7. The van der Waals surface area contributed by atoms with Gasteiger partial charge >= 0.3 is 5.97 Å². The molecule has 1 aliphatic rings. The molecule has 0 spiro atoms. The number of hydrogen-bond donors (Lipinski definition) is 2. The Morgan fingerprint density at radius 3 is 2.44 bits per heavy atom. The van der Waals surface area contributed by atoms with Gasteiger partial charge in [-0.1, -0.05) is 51.0 Å². The lowest BCUT2D eigenvalue weighted by molar-refractivity contribution is 0.0696. The molecule has 0 radical (unpaired) electrons. The van der Waals surface area contributed by atoms with Gasteiger partial charge in [0.15, 0.2) is 0 Å². The number of carbonyl (C=O) groups excluding carboxylic acids is 1. The van der Waals surface area contributed by atoms with Crippen LogP contribution in [-0.2, 0) is 0 Å². The molecule has 0 atom stereocenters. The number of nitrogens with zero attached hydrogens (tertiary/aromatic N) is 1. The summed E-state index contributed by atoms with van der Waals surface area (Å²) in [6.07, 6.45) is 4.21. The molecule has 1 heterocycles. The Hall–Kier alpha value is -4.06. The summed E-state index contributed by atoms with van der Waals surface area (Å²) >= 11 is 0. The molecule has 1 amide bonds. The van der Waals surface area contributed by atoms with E-state index < -0.39 is 5.97 Å². The fourth-order valence-electron chi connectivity index (χ4n) is 4.43. The van der Waals surface area contributed by atoms with Gasteiger partial charge in [-0.05, 0) is 47.5 Å². The van der Waals surface area contributed by atoms with Crippen LogP contribution in [0.1, 0.15) is 64.4 Å². The highest BCUT2D eigenvalue weighted by atomic mass is 16.5. The minimum atomic E-state index is -1.09. The largest absolute Gasteiger partial charge is 0.478 e. The highest BCUT2D eigenvalue weighted by Gasteiger charge is 2.25. The van der Waals surface area contributed by atoms with Crippen molar-refractivity contribution in [3.8, 4) is 11.5 Å². The monoisotopic (exact) mass is 484 g/mol. The standard InChI is InChI=1S/C30H32N2O4/c1-5-6-7-8-15-31-29(33)20-10-13-22(25(17-20)30(34)35)28-23-12-9-19(2)16-26(23)36-27-18-21(32(3)4)11-14-24(27)28/h9-14,16-18H,2,5-8,15H2,1,3-4H3,(H,31,33)(H,34,35). The first kappa shape index (κ1) is 25.0. The number of unbranched alkanes of at least 4 members (excludes halogenated alkanes) is 3. The molecule has 6 nitrogen and oxygen atoms in total. The molecule has 0 aromatic heterocycles. The Morgan fingerprint density at radius 2 is 1.72 bits per heavy atom. The van der Waals surface area contributed by atoms with E-state index in [0.29, 0.717) is 29.2 Å². The number of amides is 1.